The first kappa shape index (κ1) is 19.7. The van der Waals surface area contributed by atoms with Crippen molar-refractivity contribution in [1.29, 1.82) is 10.5 Å². The first-order chi connectivity index (χ1) is 15.2. The highest BCUT2D eigenvalue weighted by Gasteiger charge is 2.33. The highest BCUT2D eigenvalue weighted by molar-refractivity contribution is 9.10. The number of nitrogens with zero attached hydrogens (tertiary/aromatic N) is 7. The molecule has 1 fully saturated rings. The quantitative estimate of drug-likeness (QED) is 0.439. The second kappa shape index (κ2) is 8.14. The van der Waals surface area contributed by atoms with Crippen molar-refractivity contribution < 1.29 is 0 Å². The van der Waals surface area contributed by atoms with Crippen LogP contribution in [0.15, 0.2) is 40.8 Å². The lowest BCUT2D eigenvalue weighted by molar-refractivity contribution is 0.332. The highest BCUT2D eigenvalue weighted by atomic mass is 79.9. The van der Waals surface area contributed by atoms with Crippen LogP contribution in [0.3, 0.4) is 0 Å². The van der Waals surface area contributed by atoms with Gasteiger partial charge in [0.25, 0.3) is 0 Å². The van der Waals surface area contributed by atoms with Gasteiger partial charge in [0, 0.05) is 52.2 Å². The molecule has 0 spiro atoms. The fraction of sp³-hybridized carbons (Fsp3) is 0.286. The van der Waals surface area contributed by atoms with E-state index in [1.54, 1.807) is 23.9 Å². The number of rotatable bonds is 5. The molecule has 0 radical (unpaired) electrons. The summed E-state index contributed by atoms with van der Waals surface area (Å²) in [6.45, 7) is 1.65. The lowest BCUT2D eigenvalue weighted by Crippen LogP contribution is -2.25. The zero-order chi connectivity index (χ0) is 21.4. The van der Waals surface area contributed by atoms with E-state index in [1.165, 1.54) is 0 Å². The number of hydrogen-bond donors (Lipinski definition) is 1. The molecule has 1 N–H and O–H groups in total. The molecule has 5 heterocycles. The molecule has 5 rings (SSSR count). The molecule has 1 aliphatic heterocycles. The smallest absolute Gasteiger partial charge is 0.141 e. The van der Waals surface area contributed by atoms with Crippen molar-refractivity contribution in [2.75, 3.05) is 18.0 Å². The maximum atomic E-state index is 9.49. The first-order valence-electron chi connectivity index (χ1n) is 9.81. The summed E-state index contributed by atoms with van der Waals surface area (Å²) in [7, 11) is 0. The molecule has 0 bridgehead atoms. The number of fused-ring (bicyclic) bond motifs is 1. The molecular weight excluding hydrogens is 476 g/mol. The molecule has 10 heteroatoms. The van der Waals surface area contributed by atoms with E-state index in [1.807, 2.05) is 28.5 Å². The van der Waals surface area contributed by atoms with Crippen LogP contribution in [0.1, 0.15) is 24.4 Å². The number of nitriles is 2. The van der Waals surface area contributed by atoms with E-state index in [9.17, 15) is 10.5 Å². The van der Waals surface area contributed by atoms with E-state index >= 15 is 0 Å². The van der Waals surface area contributed by atoms with Gasteiger partial charge in [-0.2, -0.15) is 15.6 Å². The van der Waals surface area contributed by atoms with E-state index in [0.717, 1.165) is 51.3 Å². The maximum Gasteiger partial charge on any atom is 0.141 e. The van der Waals surface area contributed by atoms with Gasteiger partial charge >= 0.3 is 0 Å². The van der Waals surface area contributed by atoms with Crippen LogP contribution in [-0.4, -0.2) is 37.8 Å². The Morgan fingerprint density at radius 1 is 1.35 bits per heavy atom. The largest absolute Gasteiger partial charge is 0.362 e. The molecular formula is C21H17BrN8S. The van der Waals surface area contributed by atoms with Crippen molar-refractivity contribution in [3.63, 3.8) is 0 Å². The number of thiophene rings is 1. The minimum atomic E-state index is -0.0405. The highest BCUT2D eigenvalue weighted by Crippen LogP contribution is 2.40. The lowest BCUT2D eigenvalue weighted by atomic mass is 9.96. The second-order valence-electron chi connectivity index (χ2n) is 7.47. The van der Waals surface area contributed by atoms with Gasteiger partial charge in [-0.05, 0) is 28.4 Å². The molecule has 2 atom stereocenters. The normalized spacial score (nSPS) is 17.0. The monoisotopic (exact) mass is 492 g/mol. The molecule has 31 heavy (non-hydrogen) atoms. The zero-order valence-electron chi connectivity index (χ0n) is 16.4. The molecule has 4 aromatic heterocycles. The van der Waals surface area contributed by atoms with Gasteiger partial charge in [-0.3, -0.25) is 4.68 Å². The van der Waals surface area contributed by atoms with Crippen LogP contribution in [-0.2, 0) is 0 Å². The third-order valence-electron chi connectivity index (χ3n) is 5.76. The fourth-order valence-electron chi connectivity index (χ4n) is 4.26. The number of nitrogens with one attached hydrogen (secondary N) is 1. The molecule has 154 valence electrons. The summed E-state index contributed by atoms with van der Waals surface area (Å²) in [6.07, 6.45) is 8.48. The van der Waals surface area contributed by atoms with Crippen molar-refractivity contribution in [2.24, 2.45) is 5.92 Å². The predicted octanol–water partition coefficient (Wildman–Crippen LogP) is 4.50. The van der Waals surface area contributed by atoms with E-state index in [2.05, 4.69) is 53.0 Å². The maximum absolute atomic E-state index is 9.49. The van der Waals surface area contributed by atoms with Crippen LogP contribution < -0.4 is 4.90 Å². The Kier molecular flexibility index (Phi) is 5.18. The van der Waals surface area contributed by atoms with Gasteiger partial charge in [-0.15, -0.1) is 11.3 Å². The summed E-state index contributed by atoms with van der Waals surface area (Å²) in [5, 5.41) is 27.5. The minimum Gasteiger partial charge on any atom is -0.362 e. The standard InChI is InChI=1S/C21H17BrN8S/c22-17-11-31-21(16(17)7-24)29-6-3-13(9-29)18(1-4-23)30-10-14(8-28-30)19-15-2-5-25-20(15)27-12-26-19/h2,5,8,10-13,18H,1,3,6,9H2,(H,25,26,27)/t13?,18-/m0/s1. The summed E-state index contributed by atoms with van der Waals surface area (Å²) in [5.41, 5.74) is 3.19. The van der Waals surface area contributed by atoms with Gasteiger partial charge in [-0.1, -0.05) is 0 Å². The lowest BCUT2D eigenvalue weighted by Gasteiger charge is -2.23. The van der Waals surface area contributed by atoms with E-state index in [4.69, 9.17) is 0 Å². The van der Waals surface area contributed by atoms with Crippen LogP contribution in [0.4, 0.5) is 5.00 Å². The van der Waals surface area contributed by atoms with Crippen molar-refractivity contribution in [3.05, 3.63) is 46.4 Å². The minimum absolute atomic E-state index is 0.0405. The topological polar surface area (TPSA) is 110 Å². The summed E-state index contributed by atoms with van der Waals surface area (Å²) in [5.74, 6) is 0.262. The van der Waals surface area contributed by atoms with Gasteiger partial charge in [0.1, 0.15) is 28.6 Å². The molecule has 8 nitrogen and oxygen atoms in total. The van der Waals surface area contributed by atoms with Gasteiger partial charge in [-0.25, -0.2) is 9.97 Å². The van der Waals surface area contributed by atoms with E-state index in [0.29, 0.717) is 12.0 Å². The molecule has 0 aromatic carbocycles. The average Bonchev–Trinajstić information content (AvgIpc) is 3.57. The molecule has 0 aliphatic carbocycles. The van der Waals surface area contributed by atoms with Gasteiger partial charge in [0.15, 0.2) is 0 Å². The number of halogens is 1. The number of aromatic amines is 1. The summed E-state index contributed by atoms with van der Waals surface area (Å²) in [4.78, 5) is 14.0. The number of aromatic nitrogens is 5. The molecule has 0 saturated carbocycles. The molecule has 1 aliphatic rings. The SMILES string of the molecule is N#CC[C@@H](C1CCN(c2scc(Br)c2C#N)C1)n1cc(-c2ncnc3[nH]ccc23)cn1. The van der Waals surface area contributed by atoms with Crippen molar-refractivity contribution in [2.45, 2.75) is 18.9 Å². The summed E-state index contributed by atoms with van der Waals surface area (Å²) in [6, 6.07) is 6.54. The van der Waals surface area contributed by atoms with Crippen LogP contribution in [0, 0.1) is 28.6 Å². The van der Waals surface area contributed by atoms with Crippen molar-refractivity contribution in [3.8, 4) is 23.4 Å². The van der Waals surface area contributed by atoms with Crippen LogP contribution in [0.25, 0.3) is 22.3 Å². The Morgan fingerprint density at radius 3 is 3.10 bits per heavy atom. The predicted molar refractivity (Wildman–Crippen MR) is 121 cm³/mol. The van der Waals surface area contributed by atoms with Crippen LogP contribution >= 0.6 is 27.3 Å². The third-order valence-corrected chi connectivity index (χ3v) is 7.73. The fourth-order valence-corrected chi connectivity index (χ4v) is 5.87. The zero-order valence-corrected chi connectivity index (χ0v) is 18.8. The Bertz CT molecular complexity index is 1320. The molecule has 4 aromatic rings. The van der Waals surface area contributed by atoms with Crippen molar-refractivity contribution in [1.82, 2.24) is 24.7 Å². The summed E-state index contributed by atoms with van der Waals surface area (Å²) < 4.78 is 2.74. The van der Waals surface area contributed by atoms with Gasteiger partial charge < -0.3 is 9.88 Å². The summed E-state index contributed by atoms with van der Waals surface area (Å²) >= 11 is 5.04. The Balaban J connectivity index is 1.42. The second-order valence-corrected chi connectivity index (χ2v) is 9.18. The third kappa shape index (κ3) is 3.48. The molecule has 1 unspecified atom stereocenters. The Hall–Kier alpha value is -3.21. The number of hydrogen-bond acceptors (Lipinski definition) is 7. The Labute approximate surface area is 190 Å². The molecule has 0 amide bonds. The number of H-pyrrole nitrogens is 1. The average molecular weight is 493 g/mol. The Morgan fingerprint density at radius 2 is 2.26 bits per heavy atom. The van der Waals surface area contributed by atoms with Crippen LogP contribution in [0.2, 0.25) is 0 Å². The van der Waals surface area contributed by atoms with Crippen molar-refractivity contribution >= 4 is 43.3 Å². The number of anilines is 1. The van der Waals surface area contributed by atoms with Gasteiger partial charge in [0.05, 0.1) is 30.4 Å². The van der Waals surface area contributed by atoms with E-state index in [-0.39, 0.29) is 12.0 Å². The first-order valence-corrected chi connectivity index (χ1v) is 11.5. The van der Waals surface area contributed by atoms with Crippen LogP contribution in [0.5, 0.6) is 0 Å². The molecule has 1 saturated heterocycles. The van der Waals surface area contributed by atoms with Gasteiger partial charge in [0.2, 0.25) is 0 Å². The van der Waals surface area contributed by atoms with E-state index < -0.39 is 0 Å².